The van der Waals surface area contributed by atoms with E-state index < -0.39 is 13.2 Å². The van der Waals surface area contributed by atoms with Crippen LogP contribution >= 0.6 is 7.37 Å². The average Bonchev–Trinajstić information content (AvgIpc) is 2.19. The molecule has 2 unspecified atom stereocenters. The predicted octanol–water partition coefficient (Wildman–Crippen LogP) is 1.12. The Labute approximate surface area is 89.2 Å². The Balaban J connectivity index is 2.68. The van der Waals surface area contributed by atoms with Gasteiger partial charge in [0, 0.05) is 0 Å². The van der Waals surface area contributed by atoms with Crippen molar-refractivity contribution in [2.75, 3.05) is 6.54 Å². The summed E-state index contributed by atoms with van der Waals surface area (Å²) in [5.74, 6) is -1.22. The van der Waals surface area contributed by atoms with E-state index in [0.717, 1.165) is 5.56 Å². The minimum atomic E-state index is -3.55. The number of rotatable bonds is 5. The molecule has 2 atom stereocenters. The van der Waals surface area contributed by atoms with Gasteiger partial charge in [-0.1, -0.05) is 30.3 Å². The Hall–Kier alpha value is -0.670. The van der Waals surface area contributed by atoms with Crippen molar-refractivity contribution in [3.63, 3.8) is 0 Å². The molecule has 0 radical (unpaired) electrons. The lowest BCUT2D eigenvalue weighted by Gasteiger charge is -2.17. The average molecular weight is 229 g/mol. The number of hydrogen-bond donors (Lipinski definition) is 3. The standard InChI is InChI=1S/C10H16NO3P/c11-7-6-10(12)15(13,14)8-9-4-2-1-3-5-9/h1-5,10,12H,6-8,11H2,(H,13,14). The molecule has 0 amide bonds. The monoisotopic (exact) mass is 229 g/mol. The first-order chi connectivity index (χ1) is 7.06. The highest BCUT2D eigenvalue weighted by Crippen LogP contribution is 2.49. The van der Waals surface area contributed by atoms with E-state index in [9.17, 15) is 14.6 Å². The summed E-state index contributed by atoms with van der Waals surface area (Å²) in [6.07, 6.45) is 0.148. The minimum absolute atomic E-state index is 0.00495. The Kier molecular flexibility index (Phi) is 4.48. The molecule has 15 heavy (non-hydrogen) atoms. The molecule has 0 fully saturated rings. The van der Waals surface area contributed by atoms with Crippen LogP contribution in [0.1, 0.15) is 12.0 Å². The zero-order chi connectivity index (χ0) is 11.3. The lowest BCUT2D eigenvalue weighted by atomic mass is 10.2. The van der Waals surface area contributed by atoms with Gasteiger partial charge < -0.3 is 15.7 Å². The first kappa shape index (κ1) is 12.4. The molecule has 4 nitrogen and oxygen atoms in total. The van der Waals surface area contributed by atoms with Gasteiger partial charge in [-0.15, -0.1) is 0 Å². The van der Waals surface area contributed by atoms with Gasteiger partial charge in [0.25, 0.3) is 0 Å². The van der Waals surface area contributed by atoms with Crippen LogP contribution in [0.25, 0.3) is 0 Å². The third kappa shape index (κ3) is 3.76. The van der Waals surface area contributed by atoms with Crippen LogP contribution in [-0.2, 0) is 10.7 Å². The number of nitrogens with two attached hydrogens (primary N) is 1. The minimum Gasteiger partial charge on any atom is -0.383 e. The summed E-state index contributed by atoms with van der Waals surface area (Å²) in [5, 5.41) is 9.45. The normalized spacial score (nSPS) is 17.0. The van der Waals surface area contributed by atoms with Crippen molar-refractivity contribution in [2.45, 2.75) is 18.4 Å². The molecule has 0 aliphatic carbocycles. The maximum atomic E-state index is 11.7. The molecule has 0 aliphatic heterocycles. The largest absolute Gasteiger partial charge is 0.383 e. The molecule has 4 N–H and O–H groups in total. The third-order valence-corrected chi connectivity index (χ3v) is 4.15. The molecular weight excluding hydrogens is 213 g/mol. The first-order valence-electron chi connectivity index (χ1n) is 4.80. The Morgan fingerprint density at radius 3 is 2.47 bits per heavy atom. The maximum Gasteiger partial charge on any atom is 0.232 e. The highest BCUT2D eigenvalue weighted by Gasteiger charge is 2.28. The molecule has 1 aromatic carbocycles. The van der Waals surface area contributed by atoms with Crippen molar-refractivity contribution in [3.05, 3.63) is 35.9 Å². The molecule has 0 bridgehead atoms. The number of aliphatic hydroxyl groups is 1. The molecule has 0 heterocycles. The zero-order valence-corrected chi connectivity index (χ0v) is 9.31. The van der Waals surface area contributed by atoms with Crippen molar-refractivity contribution in [1.29, 1.82) is 0 Å². The summed E-state index contributed by atoms with van der Waals surface area (Å²) >= 11 is 0. The smallest absolute Gasteiger partial charge is 0.232 e. The van der Waals surface area contributed by atoms with Gasteiger partial charge in [-0.05, 0) is 18.5 Å². The number of hydrogen-bond acceptors (Lipinski definition) is 3. The van der Waals surface area contributed by atoms with Crippen molar-refractivity contribution in [1.82, 2.24) is 0 Å². The van der Waals surface area contributed by atoms with Crippen LogP contribution in [-0.4, -0.2) is 22.4 Å². The molecule has 0 aromatic heterocycles. The first-order valence-corrected chi connectivity index (χ1v) is 6.71. The van der Waals surface area contributed by atoms with E-state index >= 15 is 0 Å². The van der Waals surface area contributed by atoms with Crippen molar-refractivity contribution in [3.8, 4) is 0 Å². The van der Waals surface area contributed by atoms with Gasteiger partial charge >= 0.3 is 0 Å². The van der Waals surface area contributed by atoms with Gasteiger partial charge in [0.15, 0.2) is 0 Å². The van der Waals surface area contributed by atoms with E-state index in [1.54, 1.807) is 24.3 Å². The van der Waals surface area contributed by atoms with E-state index in [1.807, 2.05) is 6.07 Å². The quantitative estimate of drug-likeness (QED) is 0.661. The van der Waals surface area contributed by atoms with E-state index in [-0.39, 0.29) is 19.1 Å². The van der Waals surface area contributed by atoms with Crippen molar-refractivity contribution in [2.24, 2.45) is 5.73 Å². The Morgan fingerprint density at radius 1 is 1.33 bits per heavy atom. The SMILES string of the molecule is NCCC(O)P(=O)(O)Cc1ccccc1. The molecule has 5 heteroatoms. The third-order valence-electron chi connectivity index (χ3n) is 2.14. The molecule has 0 saturated carbocycles. The molecular formula is C10H16NO3P. The predicted molar refractivity (Wildman–Crippen MR) is 59.6 cm³/mol. The fourth-order valence-electron chi connectivity index (χ4n) is 1.30. The van der Waals surface area contributed by atoms with Crippen molar-refractivity contribution >= 4 is 7.37 Å². The fourth-order valence-corrected chi connectivity index (χ4v) is 2.80. The number of benzene rings is 1. The summed E-state index contributed by atoms with van der Waals surface area (Å²) in [5.41, 5.74) is 5.98. The summed E-state index contributed by atoms with van der Waals surface area (Å²) in [4.78, 5) is 9.62. The molecule has 0 saturated heterocycles. The van der Waals surface area contributed by atoms with E-state index in [0.29, 0.717) is 0 Å². The lowest BCUT2D eigenvalue weighted by Crippen LogP contribution is -2.14. The van der Waals surface area contributed by atoms with Crippen LogP contribution in [0.5, 0.6) is 0 Å². The van der Waals surface area contributed by atoms with Gasteiger partial charge in [-0.25, -0.2) is 0 Å². The second kappa shape index (κ2) is 5.42. The van der Waals surface area contributed by atoms with Gasteiger partial charge in [-0.2, -0.15) is 0 Å². The summed E-state index contributed by atoms with van der Waals surface area (Å²) in [7, 11) is -3.55. The lowest BCUT2D eigenvalue weighted by molar-refractivity contribution is 0.222. The maximum absolute atomic E-state index is 11.7. The Morgan fingerprint density at radius 2 is 1.93 bits per heavy atom. The van der Waals surface area contributed by atoms with Crippen LogP contribution in [0.2, 0.25) is 0 Å². The molecule has 0 spiro atoms. The van der Waals surface area contributed by atoms with Gasteiger partial charge in [-0.3, -0.25) is 4.57 Å². The summed E-state index contributed by atoms with van der Waals surface area (Å²) in [6.45, 7) is 0.209. The highest BCUT2D eigenvalue weighted by atomic mass is 31.2. The highest BCUT2D eigenvalue weighted by molar-refractivity contribution is 7.57. The summed E-state index contributed by atoms with van der Waals surface area (Å²) < 4.78 is 11.7. The Bertz CT molecular complexity index is 342. The van der Waals surface area contributed by atoms with E-state index in [4.69, 9.17) is 5.73 Å². The van der Waals surface area contributed by atoms with Crippen LogP contribution < -0.4 is 5.73 Å². The van der Waals surface area contributed by atoms with Gasteiger partial charge in [0.2, 0.25) is 7.37 Å². The van der Waals surface area contributed by atoms with E-state index in [2.05, 4.69) is 0 Å². The topological polar surface area (TPSA) is 83.5 Å². The second-order valence-electron chi connectivity index (χ2n) is 3.46. The van der Waals surface area contributed by atoms with Crippen LogP contribution in [0.4, 0.5) is 0 Å². The van der Waals surface area contributed by atoms with Crippen LogP contribution in [0.15, 0.2) is 30.3 Å². The van der Waals surface area contributed by atoms with Gasteiger partial charge in [0.1, 0.15) is 5.85 Å². The van der Waals surface area contributed by atoms with Gasteiger partial charge in [0.05, 0.1) is 6.16 Å². The van der Waals surface area contributed by atoms with Crippen molar-refractivity contribution < 1.29 is 14.6 Å². The summed E-state index contributed by atoms with van der Waals surface area (Å²) in [6, 6.07) is 8.95. The molecule has 1 rings (SSSR count). The molecule has 0 aliphatic rings. The van der Waals surface area contributed by atoms with Crippen LogP contribution in [0, 0.1) is 0 Å². The zero-order valence-electron chi connectivity index (χ0n) is 8.41. The molecule has 1 aromatic rings. The van der Waals surface area contributed by atoms with Crippen LogP contribution in [0.3, 0.4) is 0 Å². The second-order valence-corrected chi connectivity index (χ2v) is 5.88. The molecule has 84 valence electrons. The number of aliphatic hydroxyl groups excluding tert-OH is 1. The fraction of sp³-hybridized carbons (Fsp3) is 0.400. The van der Waals surface area contributed by atoms with E-state index in [1.165, 1.54) is 0 Å².